The Morgan fingerprint density at radius 3 is 2.87 bits per heavy atom. The van der Waals surface area contributed by atoms with E-state index in [0.29, 0.717) is 5.56 Å². The zero-order valence-corrected chi connectivity index (χ0v) is 10.8. The van der Waals surface area contributed by atoms with Crippen molar-refractivity contribution in [2.45, 2.75) is 18.2 Å². The van der Waals surface area contributed by atoms with Gasteiger partial charge in [0.05, 0.1) is 0 Å². The van der Waals surface area contributed by atoms with E-state index in [1.165, 1.54) is 4.90 Å². The van der Waals surface area contributed by atoms with E-state index < -0.39 is 0 Å². The van der Waals surface area contributed by atoms with Gasteiger partial charge in [-0.3, -0.25) is 0 Å². The molecule has 0 spiro atoms. The molecular weight excluding hydrogens is 276 g/mol. The monoisotopic (exact) mass is 288 g/mol. The highest BCUT2D eigenvalue weighted by Crippen LogP contribution is 2.28. The summed E-state index contributed by atoms with van der Waals surface area (Å²) in [4.78, 5) is 1.17. The van der Waals surface area contributed by atoms with Crippen LogP contribution in [0.15, 0.2) is 32.7 Å². The molecule has 82 valence electrons. The summed E-state index contributed by atoms with van der Waals surface area (Å²) in [6, 6.07) is 5.67. The zero-order valence-electron chi connectivity index (χ0n) is 8.40. The van der Waals surface area contributed by atoms with E-state index in [4.69, 9.17) is 10.9 Å². The van der Waals surface area contributed by atoms with Gasteiger partial charge in [-0.25, -0.2) is 0 Å². The van der Waals surface area contributed by atoms with Gasteiger partial charge in [0, 0.05) is 14.9 Å². The molecule has 0 bridgehead atoms. The van der Waals surface area contributed by atoms with Gasteiger partial charge in [0.1, 0.15) is 0 Å². The van der Waals surface area contributed by atoms with Crippen molar-refractivity contribution in [3.8, 4) is 0 Å². The molecule has 0 radical (unpaired) electrons. The molecule has 1 aromatic carbocycles. The minimum Gasteiger partial charge on any atom is -0.409 e. The molecule has 0 atom stereocenters. The van der Waals surface area contributed by atoms with E-state index in [1.54, 1.807) is 11.8 Å². The first-order valence-electron chi connectivity index (χ1n) is 4.59. The third-order valence-electron chi connectivity index (χ3n) is 1.80. The lowest BCUT2D eigenvalue weighted by atomic mass is 10.2. The van der Waals surface area contributed by atoms with Gasteiger partial charge in [0.15, 0.2) is 5.84 Å². The normalized spacial score (nSPS) is 11.7. The number of rotatable bonds is 4. The van der Waals surface area contributed by atoms with Crippen molar-refractivity contribution < 1.29 is 5.21 Å². The third kappa shape index (κ3) is 3.43. The Morgan fingerprint density at radius 2 is 2.33 bits per heavy atom. The predicted octanol–water partition coefficient (Wildman–Crippen LogP) is 3.05. The van der Waals surface area contributed by atoms with E-state index in [2.05, 4.69) is 28.0 Å². The van der Waals surface area contributed by atoms with Crippen molar-refractivity contribution in [2.24, 2.45) is 10.9 Å². The van der Waals surface area contributed by atoms with Gasteiger partial charge >= 0.3 is 0 Å². The maximum Gasteiger partial charge on any atom is 0.170 e. The standard InChI is InChI=1S/C10H13BrN2OS/c1-2-5-15-9-4-3-7(6-8(9)11)10(12)13-14/h3-4,6,14H,2,5H2,1H3,(H2,12,13). The molecule has 0 amide bonds. The van der Waals surface area contributed by atoms with E-state index in [9.17, 15) is 0 Å². The number of hydrogen-bond donors (Lipinski definition) is 2. The summed E-state index contributed by atoms with van der Waals surface area (Å²) in [6.07, 6.45) is 1.14. The fourth-order valence-electron chi connectivity index (χ4n) is 1.05. The molecule has 5 heteroatoms. The molecule has 0 fully saturated rings. The molecule has 0 aliphatic rings. The first-order chi connectivity index (χ1) is 7.19. The molecule has 1 rings (SSSR count). The average molecular weight is 289 g/mol. The van der Waals surface area contributed by atoms with Crippen LogP contribution in [0.2, 0.25) is 0 Å². The second kappa shape index (κ2) is 6.02. The summed E-state index contributed by atoms with van der Waals surface area (Å²) in [6.45, 7) is 2.14. The number of oxime groups is 1. The Morgan fingerprint density at radius 1 is 1.60 bits per heavy atom. The van der Waals surface area contributed by atoms with E-state index in [0.717, 1.165) is 16.6 Å². The Kier molecular flexibility index (Phi) is 4.98. The van der Waals surface area contributed by atoms with Crippen LogP contribution in [0.25, 0.3) is 0 Å². The lowest BCUT2D eigenvalue weighted by molar-refractivity contribution is 0.318. The number of amidine groups is 1. The first-order valence-corrected chi connectivity index (χ1v) is 6.37. The van der Waals surface area contributed by atoms with Gasteiger partial charge < -0.3 is 10.9 Å². The van der Waals surface area contributed by atoms with Gasteiger partial charge in [-0.15, -0.1) is 11.8 Å². The Labute approximate surface area is 102 Å². The highest BCUT2D eigenvalue weighted by atomic mass is 79.9. The van der Waals surface area contributed by atoms with Crippen molar-refractivity contribution >= 4 is 33.5 Å². The summed E-state index contributed by atoms with van der Waals surface area (Å²) < 4.78 is 0.977. The first kappa shape index (κ1) is 12.4. The van der Waals surface area contributed by atoms with Crippen LogP contribution >= 0.6 is 27.7 Å². The minimum atomic E-state index is 0.128. The Hall–Kier alpha value is -0.680. The van der Waals surface area contributed by atoms with Crippen LogP contribution in [-0.4, -0.2) is 16.8 Å². The molecule has 0 aromatic heterocycles. The van der Waals surface area contributed by atoms with Crippen LogP contribution in [-0.2, 0) is 0 Å². The fourth-order valence-corrected chi connectivity index (χ4v) is 2.55. The van der Waals surface area contributed by atoms with E-state index >= 15 is 0 Å². The molecule has 1 aromatic rings. The topological polar surface area (TPSA) is 58.6 Å². The number of nitrogens with two attached hydrogens (primary N) is 1. The Bertz CT molecular complexity index is 368. The van der Waals surface area contributed by atoms with Gasteiger partial charge in [-0.05, 0) is 46.3 Å². The van der Waals surface area contributed by atoms with Gasteiger partial charge in [0.2, 0.25) is 0 Å². The lowest BCUT2D eigenvalue weighted by Gasteiger charge is -2.05. The zero-order chi connectivity index (χ0) is 11.3. The lowest BCUT2D eigenvalue weighted by Crippen LogP contribution is -2.12. The van der Waals surface area contributed by atoms with Crippen molar-refractivity contribution in [1.29, 1.82) is 0 Å². The molecule has 15 heavy (non-hydrogen) atoms. The van der Waals surface area contributed by atoms with E-state index in [-0.39, 0.29) is 5.84 Å². The molecule has 0 heterocycles. The van der Waals surface area contributed by atoms with Crippen molar-refractivity contribution in [3.05, 3.63) is 28.2 Å². The quantitative estimate of drug-likeness (QED) is 0.294. The predicted molar refractivity (Wildman–Crippen MR) is 67.7 cm³/mol. The van der Waals surface area contributed by atoms with Crippen molar-refractivity contribution in [1.82, 2.24) is 0 Å². The number of halogens is 1. The van der Waals surface area contributed by atoms with E-state index in [1.807, 2.05) is 18.2 Å². The maximum atomic E-state index is 8.53. The molecule has 0 saturated heterocycles. The van der Waals surface area contributed by atoms with Gasteiger partial charge in [0.25, 0.3) is 0 Å². The van der Waals surface area contributed by atoms with Gasteiger partial charge in [-0.2, -0.15) is 0 Å². The molecule has 3 N–H and O–H groups in total. The second-order valence-corrected chi connectivity index (χ2v) is 4.97. The fraction of sp³-hybridized carbons (Fsp3) is 0.300. The highest BCUT2D eigenvalue weighted by Gasteiger charge is 2.04. The molecule has 0 unspecified atom stereocenters. The maximum absolute atomic E-state index is 8.53. The van der Waals surface area contributed by atoms with Crippen molar-refractivity contribution in [3.63, 3.8) is 0 Å². The SMILES string of the molecule is CCCSc1ccc(/C(N)=N/O)cc1Br. The number of benzene rings is 1. The molecular formula is C10H13BrN2OS. The minimum absolute atomic E-state index is 0.128. The Balaban J connectivity index is 2.88. The average Bonchev–Trinajstić information content (AvgIpc) is 2.26. The third-order valence-corrected chi connectivity index (χ3v) is 3.99. The van der Waals surface area contributed by atoms with Crippen molar-refractivity contribution in [2.75, 3.05) is 5.75 Å². The summed E-state index contributed by atoms with van der Waals surface area (Å²) in [5.41, 5.74) is 6.20. The molecule has 3 nitrogen and oxygen atoms in total. The summed E-state index contributed by atoms with van der Waals surface area (Å²) in [5, 5.41) is 11.5. The van der Waals surface area contributed by atoms with Gasteiger partial charge in [-0.1, -0.05) is 12.1 Å². The number of thioether (sulfide) groups is 1. The number of hydrogen-bond acceptors (Lipinski definition) is 3. The summed E-state index contributed by atoms with van der Waals surface area (Å²) >= 11 is 5.25. The van der Waals surface area contributed by atoms with Crippen LogP contribution in [0.3, 0.4) is 0 Å². The van der Waals surface area contributed by atoms with Crippen LogP contribution in [0, 0.1) is 0 Å². The smallest absolute Gasteiger partial charge is 0.170 e. The highest BCUT2D eigenvalue weighted by molar-refractivity contribution is 9.10. The molecule has 0 aliphatic heterocycles. The second-order valence-electron chi connectivity index (χ2n) is 2.98. The summed E-state index contributed by atoms with van der Waals surface area (Å²) in [7, 11) is 0. The summed E-state index contributed by atoms with van der Waals surface area (Å²) in [5.74, 6) is 1.21. The van der Waals surface area contributed by atoms with Crippen LogP contribution < -0.4 is 5.73 Å². The largest absolute Gasteiger partial charge is 0.409 e. The number of nitrogens with zero attached hydrogens (tertiary/aromatic N) is 1. The van der Waals surface area contributed by atoms with Crippen LogP contribution in [0.5, 0.6) is 0 Å². The molecule has 0 saturated carbocycles. The molecule has 0 aliphatic carbocycles. The van der Waals surface area contributed by atoms with Crippen LogP contribution in [0.4, 0.5) is 0 Å². The van der Waals surface area contributed by atoms with Crippen LogP contribution in [0.1, 0.15) is 18.9 Å².